The first-order chi connectivity index (χ1) is 10.5. The smallest absolute Gasteiger partial charge is 0.307 e. The number of carbonyl (C=O) groups is 1. The standard InChI is InChI=1S/C14H14N2O3S.C2H6.2H2/c1-11-7-5-6-10-13(11)20(18,19)16-14(17)15-12-8-3-2-4-9-12;1-2;;/h2-10H,1H3,(H2,15,16,17);1-2H3;2*1H. The first kappa shape index (κ1) is 17.7. The highest BCUT2D eigenvalue weighted by molar-refractivity contribution is 7.90. The second-order valence-electron chi connectivity index (χ2n) is 4.19. The molecule has 0 heterocycles. The molecular formula is C16H24N2O3S. The van der Waals surface area contributed by atoms with Crippen molar-refractivity contribution in [2.45, 2.75) is 25.7 Å². The fourth-order valence-electron chi connectivity index (χ4n) is 1.71. The predicted octanol–water partition coefficient (Wildman–Crippen LogP) is 4.02. The molecule has 0 fully saturated rings. The molecule has 0 aliphatic heterocycles. The van der Waals surface area contributed by atoms with Crippen LogP contribution in [-0.4, -0.2) is 14.4 Å². The number of anilines is 1. The third-order valence-corrected chi connectivity index (χ3v) is 4.13. The maximum absolute atomic E-state index is 12.1. The molecule has 0 radical (unpaired) electrons. The molecule has 2 amide bonds. The van der Waals surface area contributed by atoms with Crippen LogP contribution >= 0.6 is 0 Å². The Kier molecular flexibility index (Phi) is 6.59. The third kappa shape index (κ3) is 4.89. The van der Waals surface area contributed by atoms with Gasteiger partial charge in [0.2, 0.25) is 0 Å². The van der Waals surface area contributed by atoms with Gasteiger partial charge in [0.1, 0.15) is 0 Å². The SMILES string of the molecule is CC.Cc1ccccc1S(=O)(=O)NC(=O)Nc1ccccc1.[HH].[HH]. The Morgan fingerprint density at radius 3 is 2.09 bits per heavy atom. The van der Waals surface area contributed by atoms with Crippen LogP contribution in [0.3, 0.4) is 0 Å². The minimum absolute atomic E-state index is 0. The Labute approximate surface area is 134 Å². The zero-order valence-corrected chi connectivity index (χ0v) is 13.6. The summed E-state index contributed by atoms with van der Waals surface area (Å²) in [7, 11) is -3.87. The van der Waals surface area contributed by atoms with Gasteiger partial charge in [-0.2, -0.15) is 0 Å². The van der Waals surface area contributed by atoms with E-state index in [1.807, 2.05) is 18.6 Å². The van der Waals surface area contributed by atoms with E-state index in [1.165, 1.54) is 6.07 Å². The van der Waals surface area contributed by atoms with E-state index in [1.54, 1.807) is 55.5 Å². The molecule has 0 spiro atoms. The minimum Gasteiger partial charge on any atom is -0.307 e. The normalized spacial score (nSPS) is 10.1. The van der Waals surface area contributed by atoms with Gasteiger partial charge >= 0.3 is 6.03 Å². The summed E-state index contributed by atoms with van der Waals surface area (Å²) in [5.41, 5.74) is 1.09. The van der Waals surface area contributed by atoms with E-state index in [2.05, 4.69) is 5.32 Å². The van der Waals surface area contributed by atoms with Crippen molar-refractivity contribution in [1.29, 1.82) is 0 Å². The summed E-state index contributed by atoms with van der Waals surface area (Å²) in [4.78, 5) is 11.8. The van der Waals surface area contributed by atoms with Crippen LogP contribution in [0.15, 0.2) is 59.5 Å². The van der Waals surface area contributed by atoms with Crippen molar-refractivity contribution in [2.24, 2.45) is 0 Å². The topological polar surface area (TPSA) is 75.3 Å². The Morgan fingerprint density at radius 1 is 0.955 bits per heavy atom. The first-order valence-corrected chi connectivity index (χ1v) is 8.42. The zero-order valence-electron chi connectivity index (χ0n) is 12.8. The molecule has 2 N–H and O–H groups in total. The van der Waals surface area contributed by atoms with Crippen LogP contribution in [0.4, 0.5) is 10.5 Å². The monoisotopic (exact) mass is 324 g/mol. The number of hydrogen-bond acceptors (Lipinski definition) is 3. The summed E-state index contributed by atoms with van der Waals surface area (Å²) in [5.74, 6) is 0. The maximum atomic E-state index is 12.1. The van der Waals surface area contributed by atoms with Gasteiger partial charge in [0.25, 0.3) is 10.0 Å². The van der Waals surface area contributed by atoms with Gasteiger partial charge in [-0.25, -0.2) is 17.9 Å². The predicted molar refractivity (Wildman–Crippen MR) is 92.5 cm³/mol. The van der Waals surface area contributed by atoms with Gasteiger partial charge < -0.3 is 5.32 Å². The van der Waals surface area contributed by atoms with E-state index in [0.29, 0.717) is 11.3 Å². The number of hydrogen-bond donors (Lipinski definition) is 2. The lowest BCUT2D eigenvalue weighted by Crippen LogP contribution is -2.34. The van der Waals surface area contributed by atoms with Gasteiger partial charge in [-0.15, -0.1) is 0 Å². The van der Waals surface area contributed by atoms with E-state index < -0.39 is 16.1 Å². The van der Waals surface area contributed by atoms with Gasteiger partial charge in [-0.3, -0.25) is 0 Å². The van der Waals surface area contributed by atoms with Crippen molar-refractivity contribution in [3.05, 3.63) is 60.2 Å². The molecule has 2 rings (SSSR count). The lowest BCUT2D eigenvalue weighted by atomic mass is 10.2. The van der Waals surface area contributed by atoms with Crippen LogP contribution in [0.5, 0.6) is 0 Å². The molecule has 0 saturated carbocycles. The molecule has 0 unspecified atom stereocenters. The van der Waals surface area contributed by atoms with Gasteiger partial charge in [-0.1, -0.05) is 50.2 Å². The lowest BCUT2D eigenvalue weighted by Gasteiger charge is -2.10. The molecule has 5 nitrogen and oxygen atoms in total. The molecule has 2 aromatic carbocycles. The minimum atomic E-state index is -3.87. The first-order valence-electron chi connectivity index (χ1n) is 6.93. The number of para-hydroxylation sites is 1. The van der Waals surface area contributed by atoms with Crippen molar-refractivity contribution in [1.82, 2.24) is 4.72 Å². The van der Waals surface area contributed by atoms with E-state index >= 15 is 0 Å². The van der Waals surface area contributed by atoms with Crippen LogP contribution in [0.25, 0.3) is 0 Å². The molecule has 0 aliphatic carbocycles. The summed E-state index contributed by atoms with van der Waals surface area (Å²) < 4.78 is 26.1. The van der Waals surface area contributed by atoms with Crippen molar-refractivity contribution in [3.8, 4) is 0 Å². The molecule has 0 saturated heterocycles. The van der Waals surface area contributed by atoms with Crippen LogP contribution in [-0.2, 0) is 10.0 Å². The van der Waals surface area contributed by atoms with Gasteiger partial charge in [-0.05, 0) is 30.7 Å². The zero-order chi connectivity index (χ0) is 16.6. The van der Waals surface area contributed by atoms with Crippen LogP contribution in [0, 0.1) is 6.92 Å². The lowest BCUT2D eigenvalue weighted by molar-refractivity contribution is 0.256. The van der Waals surface area contributed by atoms with E-state index in [9.17, 15) is 13.2 Å². The second kappa shape index (κ2) is 8.19. The van der Waals surface area contributed by atoms with Gasteiger partial charge in [0, 0.05) is 8.54 Å². The molecule has 0 bridgehead atoms. The van der Waals surface area contributed by atoms with Crippen LogP contribution < -0.4 is 10.0 Å². The highest BCUT2D eigenvalue weighted by Crippen LogP contribution is 2.14. The Balaban J connectivity index is 0. The quantitative estimate of drug-likeness (QED) is 0.895. The Hall–Kier alpha value is -2.34. The highest BCUT2D eigenvalue weighted by Gasteiger charge is 2.19. The number of aryl methyl sites for hydroxylation is 1. The van der Waals surface area contributed by atoms with E-state index in [-0.39, 0.29) is 7.75 Å². The largest absolute Gasteiger partial charge is 0.333 e. The van der Waals surface area contributed by atoms with Gasteiger partial charge in [0.15, 0.2) is 0 Å². The second-order valence-corrected chi connectivity index (χ2v) is 5.84. The average molecular weight is 324 g/mol. The Bertz CT molecular complexity index is 723. The molecule has 2 aromatic rings. The molecular weight excluding hydrogens is 300 g/mol. The third-order valence-electron chi connectivity index (χ3n) is 2.64. The number of amides is 2. The number of carbonyl (C=O) groups excluding carboxylic acids is 1. The number of benzene rings is 2. The van der Waals surface area contributed by atoms with Crippen LogP contribution in [0.1, 0.15) is 22.3 Å². The fraction of sp³-hybridized carbons (Fsp3) is 0.188. The molecule has 0 aliphatic rings. The number of nitrogens with one attached hydrogen (secondary N) is 2. The number of rotatable bonds is 3. The molecule has 6 heteroatoms. The maximum Gasteiger partial charge on any atom is 0.333 e. The van der Waals surface area contributed by atoms with Crippen molar-refractivity contribution in [3.63, 3.8) is 0 Å². The van der Waals surface area contributed by atoms with Crippen molar-refractivity contribution in [2.75, 3.05) is 5.32 Å². The summed E-state index contributed by atoms with van der Waals surface area (Å²) in [5, 5.41) is 2.46. The molecule has 122 valence electrons. The molecule has 22 heavy (non-hydrogen) atoms. The Morgan fingerprint density at radius 2 is 1.50 bits per heavy atom. The average Bonchev–Trinajstić information content (AvgIpc) is 2.50. The van der Waals surface area contributed by atoms with Gasteiger partial charge in [0.05, 0.1) is 4.90 Å². The molecule has 0 aromatic heterocycles. The summed E-state index contributed by atoms with van der Waals surface area (Å²) >= 11 is 0. The van der Waals surface area contributed by atoms with E-state index in [0.717, 1.165) is 0 Å². The fourth-order valence-corrected chi connectivity index (χ4v) is 2.87. The van der Waals surface area contributed by atoms with E-state index in [4.69, 9.17) is 0 Å². The highest BCUT2D eigenvalue weighted by atomic mass is 32.2. The molecule has 0 atom stereocenters. The summed E-state index contributed by atoms with van der Waals surface area (Å²) in [6.45, 7) is 5.67. The summed E-state index contributed by atoms with van der Waals surface area (Å²) in [6, 6.07) is 14.3. The summed E-state index contributed by atoms with van der Waals surface area (Å²) in [6.07, 6.45) is 0. The van der Waals surface area contributed by atoms with Crippen molar-refractivity contribution < 1.29 is 16.1 Å². The number of sulfonamides is 1. The number of urea groups is 1. The van der Waals surface area contributed by atoms with Crippen LogP contribution in [0.2, 0.25) is 0 Å². The van der Waals surface area contributed by atoms with Crippen molar-refractivity contribution >= 4 is 21.7 Å².